The molecule has 0 unspecified atom stereocenters. The fourth-order valence-electron chi connectivity index (χ4n) is 3.86. The first-order valence-electron chi connectivity index (χ1n) is 12.1. The number of likely N-dealkylation sites (tertiary alicyclic amines) is 1. The summed E-state index contributed by atoms with van der Waals surface area (Å²) in [5, 5.41) is 2.46. The number of alkyl carbamates (subject to hydrolysis) is 1. The van der Waals surface area contributed by atoms with Gasteiger partial charge in [-0.25, -0.2) is 17.6 Å². The number of halogens is 1. The molecule has 1 aromatic rings. The van der Waals surface area contributed by atoms with Crippen LogP contribution < -0.4 is 10.1 Å². The van der Waals surface area contributed by atoms with E-state index in [2.05, 4.69) is 5.32 Å². The highest BCUT2D eigenvalue weighted by Crippen LogP contribution is 2.35. The van der Waals surface area contributed by atoms with Crippen molar-refractivity contribution in [2.24, 2.45) is 11.3 Å². The van der Waals surface area contributed by atoms with Crippen LogP contribution in [0.2, 0.25) is 0 Å². The molecule has 0 bridgehead atoms. The first-order chi connectivity index (χ1) is 16.6. The molecule has 0 radical (unpaired) electrons. The normalized spacial score (nSPS) is 16.6. The second-order valence-electron chi connectivity index (χ2n) is 10.9. The van der Waals surface area contributed by atoms with Crippen LogP contribution in [-0.4, -0.2) is 62.9 Å². The summed E-state index contributed by atoms with van der Waals surface area (Å²) in [5.41, 5.74) is -0.888. The van der Waals surface area contributed by atoms with E-state index in [4.69, 9.17) is 9.47 Å². The van der Waals surface area contributed by atoms with Crippen molar-refractivity contribution >= 4 is 21.8 Å². The number of sulfone groups is 1. The number of nitrogens with zero attached hydrogens (tertiary/aromatic N) is 1. The van der Waals surface area contributed by atoms with Gasteiger partial charge < -0.3 is 19.7 Å². The maximum atomic E-state index is 13.2. The number of benzene rings is 1. The Balaban J connectivity index is 1.90. The summed E-state index contributed by atoms with van der Waals surface area (Å²) in [6, 6.07) is 6.00. The Hall–Kier alpha value is -2.62. The highest BCUT2D eigenvalue weighted by Gasteiger charge is 2.36. The molecule has 36 heavy (non-hydrogen) atoms. The molecule has 0 aromatic heterocycles. The smallest absolute Gasteiger partial charge is 0.407 e. The van der Waals surface area contributed by atoms with E-state index in [1.807, 2.05) is 25.7 Å². The van der Waals surface area contributed by atoms with Gasteiger partial charge in [-0.2, -0.15) is 0 Å². The minimum Gasteiger partial charge on any atom is -0.489 e. The topological polar surface area (TPSA) is 102 Å². The van der Waals surface area contributed by atoms with Gasteiger partial charge in [-0.05, 0) is 63.3 Å². The molecule has 0 spiro atoms. The van der Waals surface area contributed by atoms with Crippen LogP contribution in [0.15, 0.2) is 41.1 Å². The van der Waals surface area contributed by atoms with Crippen LogP contribution in [0, 0.1) is 11.3 Å². The number of nitrogens with one attached hydrogen (secondary N) is 1. The SMILES string of the molecule is CC(C)C(=O)N1CCC(C)(CS(=O)(=O)c2ccc(OC/C(=C/F)CNC(=O)OC(C)(C)C)cc2)CC1. The third-order valence-corrected chi connectivity index (χ3v) is 8.00. The Morgan fingerprint density at radius 3 is 2.25 bits per heavy atom. The van der Waals surface area contributed by atoms with Crippen molar-refractivity contribution in [2.45, 2.75) is 64.9 Å². The first kappa shape index (κ1) is 29.6. The Morgan fingerprint density at radius 1 is 1.17 bits per heavy atom. The van der Waals surface area contributed by atoms with E-state index in [1.54, 1.807) is 20.8 Å². The summed E-state index contributed by atoms with van der Waals surface area (Å²) < 4.78 is 50.0. The van der Waals surface area contributed by atoms with Crippen molar-refractivity contribution in [1.29, 1.82) is 0 Å². The molecule has 10 heteroatoms. The van der Waals surface area contributed by atoms with Crippen molar-refractivity contribution in [2.75, 3.05) is 32.0 Å². The lowest BCUT2D eigenvalue weighted by Crippen LogP contribution is -2.45. The number of amides is 2. The highest BCUT2D eigenvalue weighted by molar-refractivity contribution is 7.91. The standard InChI is InChI=1S/C26H39FN2O6S/c1-19(2)23(30)29-13-11-26(6,12-14-29)18-36(32,33)22-9-7-21(8-10-22)34-17-20(15-27)16-28-24(31)35-25(3,4)5/h7-10,15,19H,11-14,16-18H2,1-6H3,(H,28,31)/b20-15+. The van der Waals surface area contributed by atoms with E-state index in [1.165, 1.54) is 24.3 Å². The quantitative estimate of drug-likeness (QED) is 0.508. The van der Waals surface area contributed by atoms with Gasteiger partial charge in [0.25, 0.3) is 0 Å². The number of rotatable bonds is 9. The summed E-state index contributed by atoms with van der Waals surface area (Å²) in [6.45, 7) is 11.8. The maximum Gasteiger partial charge on any atom is 0.407 e. The van der Waals surface area contributed by atoms with Gasteiger partial charge in [0.1, 0.15) is 18.0 Å². The first-order valence-corrected chi connectivity index (χ1v) is 13.8. The molecule has 2 amide bonds. The van der Waals surface area contributed by atoms with Gasteiger partial charge >= 0.3 is 6.09 Å². The number of hydrogen-bond acceptors (Lipinski definition) is 6. The molecule has 0 saturated carbocycles. The molecule has 202 valence electrons. The van der Waals surface area contributed by atoms with Gasteiger partial charge in [-0.3, -0.25) is 4.79 Å². The summed E-state index contributed by atoms with van der Waals surface area (Å²) in [6.07, 6.45) is 0.947. The lowest BCUT2D eigenvalue weighted by atomic mass is 9.82. The van der Waals surface area contributed by atoms with Crippen molar-refractivity contribution in [3.63, 3.8) is 0 Å². The molecule has 1 aliphatic rings. The molecule has 1 saturated heterocycles. The Labute approximate surface area is 214 Å². The zero-order chi connectivity index (χ0) is 27.1. The molecule has 0 atom stereocenters. The van der Waals surface area contributed by atoms with Crippen LogP contribution in [0.3, 0.4) is 0 Å². The second-order valence-corrected chi connectivity index (χ2v) is 12.9. The monoisotopic (exact) mass is 526 g/mol. The molecule has 1 heterocycles. The van der Waals surface area contributed by atoms with Crippen molar-refractivity contribution in [3.8, 4) is 5.75 Å². The fraction of sp³-hybridized carbons (Fsp3) is 0.615. The average molecular weight is 527 g/mol. The van der Waals surface area contributed by atoms with E-state index < -0.39 is 26.9 Å². The van der Waals surface area contributed by atoms with E-state index >= 15 is 0 Å². The summed E-state index contributed by atoms with van der Waals surface area (Å²) in [5.74, 6) is 0.394. The van der Waals surface area contributed by atoms with Gasteiger partial charge in [0, 0.05) is 31.1 Å². The predicted octanol–water partition coefficient (Wildman–Crippen LogP) is 4.50. The van der Waals surface area contributed by atoms with Crippen LogP contribution in [0.25, 0.3) is 0 Å². The minimum absolute atomic E-state index is 0.00498. The molecule has 1 N–H and O–H groups in total. The van der Waals surface area contributed by atoms with Gasteiger partial charge in [-0.1, -0.05) is 20.8 Å². The van der Waals surface area contributed by atoms with Crippen molar-refractivity contribution < 1.29 is 31.9 Å². The van der Waals surface area contributed by atoms with E-state index in [0.29, 0.717) is 38.0 Å². The molecule has 2 rings (SSSR count). The van der Waals surface area contributed by atoms with Gasteiger partial charge in [0.2, 0.25) is 5.91 Å². The average Bonchev–Trinajstić information content (AvgIpc) is 2.77. The number of ether oxygens (including phenoxy) is 2. The van der Waals surface area contributed by atoms with E-state index in [9.17, 15) is 22.4 Å². The largest absolute Gasteiger partial charge is 0.489 e. The van der Waals surface area contributed by atoms with Crippen LogP contribution in [0.1, 0.15) is 54.4 Å². The van der Waals surface area contributed by atoms with Crippen LogP contribution in [-0.2, 0) is 19.4 Å². The molecular weight excluding hydrogens is 487 g/mol. The lowest BCUT2D eigenvalue weighted by molar-refractivity contribution is -0.136. The highest BCUT2D eigenvalue weighted by atomic mass is 32.2. The molecular formula is C26H39FN2O6S. The third-order valence-electron chi connectivity index (χ3n) is 5.93. The van der Waals surface area contributed by atoms with E-state index in [0.717, 1.165) is 0 Å². The predicted molar refractivity (Wildman–Crippen MR) is 136 cm³/mol. The molecule has 1 aromatic carbocycles. The van der Waals surface area contributed by atoms with Crippen molar-refractivity contribution in [1.82, 2.24) is 10.2 Å². The Morgan fingerprint density at radius 2 is 1.75 bits per heavy atom. The van der Waals surface area contributed by atoms with Crippen LogP contribution >= 0.6 is 0 Å². The van der Waals surface area contributed by atoms with Gasteiger partial charge in [-0.15, -0.1) is 0 Å². The zero-order valence-corrected chi connectivity index (χ0v) is 22.9. The van der Waals surface area contributed by atoms with Gasteiger partial charge in [0.05, 0.1) is 17.0 Å². The number of carbonyl (C=O) groups excluding carboxylic acids is 2. The zero-order valence-electron chi connectivity index (χ0n) is 22.1. The van der Waals surface area contributed by atoms with Crippen LogP contribution in [0.5, 0.6) is 5.75 Å². The van der Waals surface area contributed by atoms with Crippen LogP contribution in [0.4, 0.5) is 9.18 Å². The molecule has 1 aliphatic heterocycles. The fourth-order valence-corrected chi connectivity index (χ4v) is 5.78. The summed E-state index contributed by atoms with van der Waals surface area (Å²) in [7, 11) is -3.55. The molecule has 8 nitrogen and oxygen atoms in total. The number of piperidine rings is 1. The third kappa shape index (κ3) is 9.11. The lowest BCUT2D eigenvalue weighted by Gasteiger charge is -2.39. The summed E-state index contributed by atoms with van der Waals surface area (Å²) in [4.78, 5) is 25.9. The Kier molecular flexibility index (Phi) is 9.93. The van der Waals surface area contributed by atoms with Crippen molar-refractivity contribution in [3.05, 3.63) is 36.2 Å². The minimum atomic E-state index is -3.55. The second kappa shape index (κ2) is 12.1. The van der Waals surface area contributed by atoms with E-state index in [-0.39, 0.29) is 41.2 Å². The number of hydrogen-bond donors (Lipinski definition) is 1. The maximum absolute atomic E-state index is 13.2. The van der Waals surface area contributed by atoms with Gasteiger partial charge in [0.15, 0.2) is 9.84 Å². The number of carbonyl (C=O) groups is 2. The molecule has 0 aliphatic carbocycles. The molecule has 1 fully saturated rings. The summed E-state index contributed by atoms with van der Waals surface area (Å²) >= 11 is 0. The Bertz CT molecular complexity index is 1040.